The second-order valence-corrected chi connectivity index (χ2v) is 5.74. The molecule has 1 aromatic heterocycles. The van der Waals surface area contributed by atoms with Crippen LogP contribution in [-0.4, -0.2) is 52.0 Å². The number of aliphatic carboxylic acids is 1. The van der Waals surface area contributed by atoms with Gasteiger partial charge in [-0.05, 0) is 25.0 Å². The third kappa shape index (κ3) is 3.51. The van der Waals surface area contributed by atoms with E-state index in [0.29, 0.717) is 13.1 Å². The Bertz CT molecular complexity index is 547. The molecule has 21 heavy (non-hydrogen) atoms. The Morgan fingerprint density at radius 2 is 2.14 bits per heavy atom. The van der Waals surface area contributed by atoms with Gasteiger partial charge in [0.2, 0.25) is 0 Å². The molecule has 2 amide bonds. The predicted octanol–water partition coefficient (Wildman–Crippen LogP) is 1.59. The van der Waals surface area contributed by atoms with Crippen LogP contribution in [-0.2, 0) is 11.3 Å². The maximum atomic E-state index is 12.4. The summed E-state index contributed by atoms with van der Waals surface area (Å²) >= 11 is 0. The molecule has 114 valence electrons. The summed E-state index contributed by atoms with van der Waals surface area (Å²) < 4.78 is 0. The van der Waals surface area contributed by atoms with Crippen molar-refractivity contribution in [1.82, 2.24) is 14.8 Å². The van der Waals surface area contributed by atoms with E-state index in [4.69, 9.17) is 5.11 Å². The number of carboxylic acid groups (broad SMARTS) is 1. The van der Waals surface area contributed by atoms with Crippen LogP contribution in [0, 0.1) is 18.8 Å². The maximum absolute atomic E-state index is 12.4. The van der Waals surface area contributed by atoms with Crippen molar-refractivity contribution in [3.63, 3.8) is 0 Å². The highest BCUT2D eigenvalue weighted by Gasteiger charge is 2.37. The first-order valence-corrected chi connectivity index (χ1v) is 7.04. The van der Waals surface area contributed by atoms with Crippen molar-refractivity contribution in [1.29, 1.82) is 0 Å². The van der Waals surface area contributed by atoms with Crippen molar-refractivity contribution in [3.05, 3.63) is 29.6 Å². The van der Waals surface area contributed by atoms with Gasteiger partial charge in [0.15, 0.2) is 0 Å². The minimum Gasteiger partial charge on any atom is -0.481 e. The third-order valence-electron chi connectivity index (χ3n) is 3.87. The van der Waals surface area contributed by atoms with Gasteiger partial charge in [0.05, 0.1) is 18.2 Å². The van der Waals surface area contributed by atoms with Gasteiger partial charge in [-0.3, -0.25) is 9.78 Å². The number of nitrogens with zero attached hydrogens (tertiary/aromatic N) is 3. The SMILES string of the molecule is Cc1cccc(CN(C)C(=O)N2CC(C)C(C(=O)O)C2)n1. The highest BCUT2D eigenvalue weighted by atomic mass is 16.4. The zero-order valence-corrected chi connectivity index (χ0v) is 12.6. The van der Waals surface area contributed by atoms with E-state index in [1.54, 1.807) is 16.8 Å². The summed E-state index contributed by atoms with van der Waals surface area (Å²) in [5, 5.41) is 9.13. The van der Waals surface area contributed by atoms with Crippen LogP contribution in [0.2, 0.25) is 0 Å². The summed E-state index contributed by atoms with van der Waals surface area (Å²) in [6.07, 6.45) is 0. The second-order valence-electron chi connectivity index (χ2n) is 5.74. The molecular weight excluding hydrogens is 270 g/mol. The Labute approximate surface area is 124 Å². The molecule has 1 fully saturated rings. The molecule has 0 aromatic carbocycles. The Morgan fingerprint density at radius 3 is 2.71 bits per heavy atom. The number of aromatic nitrogens is 1. The van der Waals surface area contributed by atoms with Gasteiger partial charge in [0.1, 0.15) is 0 Å². The summed E-state index contributed by atoms with van der Waals surface area (Å²) in [6.45, 7) is 4.96. The third-order valence-corrected chi connectivity index (χ3v) is 3.87. The lowest BCUT2D eigenvalue weighted by molar-refractivity contribution is -0.142. The van der Waals surface area contributed by atoms with E-state index in [9.17, 15) is 9.59 Å². The number of rotatable bonds is 3. The molecule has 2 unspecified atom stereocenters. The quantitative estimate of drug-likeness (QED) is 0.918. The minimum atomic E-state index is -0.833. The molecule has 1 aliphatic rings. The molecule has 6 heteroatoms. The normalized spacial score (nSPS) is 21.4. The molecule has 2 heterocycles. The molecule has 0 radical (unpaired) electrons. The first kappa shape index (κ1) is 15.3. The van der Waals surface area contributed by atoms with Crippen LogP contribution in [0.25, 0.3) is 0 Å². The van der Waals surface area contributed by atoms with Gasteiger partial charge in [-0.2, -0.15) is 0 Å². The van der Waals surface area contributed by atoms with Gasteiger partial charge in [0.25, 0.3) is 0 Å². The van der Waals surface area contributed by atoms with Crippen LogP contribution in [0.15, 0.2) is 18.2 Å². The number of aryl methyl sites for hydroxylation is 1. The van der Waals surface area contributed by atoms with Crippen LogP contribution in [0.1, 0.15) is 18.3 Å². The molecular formula is C15H21N3O3. The zero-order chi connectivity index (χ0) is 15.6. The Balaban J connectivity index is 1.99. The fourth-order valence-electron chi connectivity index (χ4n) is 2.68. The number of pyridine rings is 1. The van der Waals surface area contributed by atoms with Crippen molar-refractivity contribution in [2.24, 2.45) is 11.8 Å². The summed E-state index contributed by atoms with van der Waals surface area (Å²) in [5.41, 5.74) is 1.74. The van der Waals surface area contributed by atoms with Gasteiger partial charge >= 0.3 is 12.0 Å². The molecule has 2 atom stereocenters. The topological polar surface area (TPSA) is 73.7 Å². The number of urea groups is 1. The number of amides is 2. The lowest BCUT2D eigenvalue weighted by Crippen LogP contribution is -2.40. The number of carbonyl (C=O) groups excluding carboxylic acids is 1. The number of hydrogen-bond acceptors (Lipinski definition) is 3. The molecule has 0 spiro atoms. The van der Waals surface area contributed by atoms with E-state index in [1.807, 2.05) is 32.0 Å². The number of carboxylic acids is 1. The Morgan fingerprint density at radius 1 is 1.43 bits per heavy atom. The standard InChI is InChI=1S/C15H21N3O3/c1-10-7-18(9-13(10)14(19)20)15(21)17(3)8-12-6-4-5-11(2)16-12/h4-6,10,13H,7-9H2,1-3H3,(H,19,20). The van der Waals surface area contributed by atoms with Crippen molar-refractivity contribution < 1.29 is 14.7 Å². The largest absolute Gasteiger partial charge is 0.481 e. The zero-order valence-electron chi connectivity index (χ0n) is 12.6. The molecule has 0 bridgehead atoms. The average Bonchev–Trinajstić information content (AvgIpc) is 2.80. The molecule has 1 aliphatic heterocycles. The van der Waals surface area contributed by atoms with Gasteiger partial charge in [-0.1, -0.05) is 13.0 Å². The van der Waals surface area contributed by atoms with Gasteiger partial charge in [-0.25, -0.2) is 4.79 Å². The number of carbonyl (C=O) groups is 2. The van der Waals surface area contributed by atoms with Crippen molar-refractivity contribution in [2.45, 2.75) is 20.4 Å². The number of likely N-dealkylation sites (tertiary alicyclic amines) is 1. The molecule has 2 rings (SSSR count). The van der Waals surface area contributed by atoms with E-state index in [-0.39, 0.29) is 18.5 Å². The predicted molar refractivity (Wildman–Crippen MR) is 77.7 cm³/mol. The number of hydrogen-bond donors (Lipinski definition) is 1. The summed E-state index contributed by atoms with van der Waals surface area (Å²) in [7, 11) is 1.71. The van der Waals surface area contributed by atoms with Gasteiger partial charge in [0, 0.05) is 25.8 Å². The smallest absolute Gasteiger partial charge is 0.320 e. The molecule has 1 N–H and O–H groups in total. The van der Waals surface area contributed by atoms with Crippen LogP contribution in [0.4, 0.5) is 4.79 Å². The Kier molecular flexibility index (Phi) is 4.45. The van der Waals surface area contributed by atoms with Crippen LogP contribution in [0.3, 0.4) is 0 Å². The van der Waals surface area contributed by atoms with Crippen LogP contribution >= 0.6 is 0 Å². The molecule has 0 saturated carbocycles. The summed E-state index contributed by atoms with van der Waals surface area (Å²) in [4.78, 5) is 31.1. The van der Waals surface area contributed by atoms with Gasteiger partial charge in [-0.15, -0.1) is 0 Å². The Hall–Kier alpha value is -2.11. The molecule has 1 saturated heterocycles. The van der Waals surface area contributed by atoms with Crippen molar-refractivity contribution in [3.8, 4) is 0 Å². The molecule has 1 aromatic rings. The first-order valence-electron chi connectivity index (χ1n) is 7.04. The minimum absolute atomic E-state index is 0.0167. The first-order chi connectivity index (χ1) is 9.88. The van der Waals surface area contributed by atoms with Gasteiger partial charge < -0.3 is 14.9 Å². The van der Waals surface area contributed by atoms with Crippen molar-refractivity contribution >= 4 is 12.0 Å². The van der Waals surface area contributed by atoms with Crippen LogP contribution < -0.4 is 0 Å². The molecule has 0 aliphatic carbocycles. The average molecular weight is 291 g/mol. The van der Waals surface area contributed by atoms with E-state index in [1.165, 1.54) is 0 Å². The van der Waals surface area contributed by atoms with E-state index >= 15 is 0 Å². The van der Waals surface area contributed by atoms with Crippen molar-refractivity contribution in [2.75, 3.05) is 20.1 Å². The van der Waals surface area contributed by atoms with E-state index in [0.717, 1.165) is 11.4 Å². The lowest BCUT2D eigenvalue weighted by atomic mass is 9.99. The summed E-state index contributed by atoms with van der Waals surface area (Å²) in [5.74, 6) is -1.32. The maximum Gasteiger partial charge on any atom is 0.320 e. The van der Waals surface area contributed by atoms with Crippen LogP contribution in [0.5, 0.6) is 0 Å². The van der Waals surface area contributed by atoms with E-state index in [2.05, 4.69) is 4.98 Å². The fraction of sp³-hybridized carbons (Fsp3) is 0.533. The van der Waals surface area contributed by atoms with E-state index < -0.39 is 11.9 Å². The molecule has 6 nitrogen and oxygen atoms in total. The fourth-order valence-corrected chi connectivity index (χ4v) is 2.68. The highest BCUT2D eigenvalue weighted by Crippen LogP contribution is 2.24. The summed E-state index contributed by atoms with van der Waals surface area (Å²) in [6, 6.07) is 5.55. The monoisotopic (exact) mass is 291 g/mol. The lowest BCUT2D eigenvalue weighted by Gasteiger charge is -2.24. The second kappa shape index (κ2) is 6.11. The highest BCUT2D eigenvalue weighted by molar-refractivity contribution is 5.77.